The van der Waals surface area contributed by atoms with Crippen LogP contribution in [0.15, 0.2) is 18.5 Å². The molecule has 108 valence electrons. The van der Waals surface area contributed by atoms with Crippen molar-refractivity contribution < 1.29 is 0 Å². The number of rotatable bonds is 6. The molecule has 0 aromatic carbocycles. The minimum Gasteiger partial charge on any atom is -0.311 e. The predicted octanol–water partition coefficient (Wildman–Crippen LogP) is 2.13. The predicted molar refractivity (Wildman–Crippen MR) is 79.2 cm³/mol. The fraction of sp³-hybridized carbons (Fsp3) is 0.800. The lowest BCUT2D eigenvalue weighted by atomic mass is 9.91. The van der Waals surface area contributed by atoms with Crippen LogP contribution in [0.4, 0.5) is 0 Å². The van der Waals surface area contributed by atoms with Crippen LogP contribution in [0, 0.1) is 0 Å². The van der Waals surface area contributed by atoms with Crippen LogP contribution < -0.4 is 5.32 Å². The third-order valence-corrected chi connectivity index (χ3v) is 4.53. The summed E-state index contributed by atoms with van der Waals surface area (Å²) in [6, 6.07) is 2.65. The van der Waals surface area contributed by atoms with Gasteiger partial charge in [-0.05, 0) is 25.8 Å². The second kappa shape index (κ2) is 6.53. The maximum Gasteiger partial charge on any atom is 0.0536 e. The Morgan fingerprint density at radius 1 is 1.37 bits per heavy atom. The zero-order valence-electron chi connectivity index (χ0n) is 12.6. The van der Waals surface area contributed by atoms with Gasteiger partial charge in [-0.2, -0.15) is 5.10 Å². The Morgan fingerprint density at radius 2 is 2.21 bits per heavy atom. The summed E-state index contributed by atoms with van der Waals surface area (Å²) in [5, 5.41) is 8.02. The van der Waals surface area contributed by atoms with E-state index in [2.05, 4.69) is 42.3 Å². The van der Waals surface area contributed by atoms with Gasteiger partial charge in [-0.25, -0.2) is 0 Å². The van der Waals surface area contributed by atoms with Crippen molar-refractivity contribution >= 4 is 0 Å². The molecule has 0 radical (unpaired) electrons. The summed E-state index contributed by atoms with van der Waals surface area (Å²) in [6.45, 7) is 11.3. The summed E-state index contributed by atoms with van der Waals surface area (Å²) >= 11 is 0. The largest absolute Gasteiger partial charge is 0.311 e. The normalized spacial score (nSPS) is 28.7. The lowest BCUT2D eigenvalue weighted by molar-refractivity contribution is 0.0430. The lowest BCUT2D eigenvalue weighted by Gasteiger charge is -2.48. The molecule has 0 bridgehead atoms. The van der Waals surface area contributed by atoms with Crippen molar-refractivity contribution in [3.63, 3.8) is 0 Å². The Kier molecular flexibility index (Phi) is 4.99. The fourth-order valence-electron chi connectivity index (χ4n) is 2.93. The molecule has 2 rings (SSSR count). The zero-order valence-corrected chi connectivity index (χ0v) is 12.6. The molecule has 4 nitrogen and oxygen atoms in total. The van der Waals surface area contributed by atoms with Crippen LogP contribution in [0.3, 0.4) is 0 Å². The average Bonchev–Trinajstić information content (AvgIpc) is 2.93. The SMILES string of the molecule is CCCC1CN(CCn2cccn2)C(C)(CC)CN1. The van der Waals surface area contributed by atoms with E-state index in [0.29, 0.717) is 6.04 Å². The monoisotopic (exact) mass is 264 g/mol. The first-order valence-corrected chi connectivity index (χ1v) is 7.64. The van der Waals surface area contributed by atoms with Crippen molar-refractivity contribution in [2.75, 3.05) is 19.6 Å². The van der Waals surface area contributed by atoms with Gasteiger partial charge in [-0.1, -0.05) is 20.3 Å². The second-order valence-electron chi connectivity index (χ2n) is 5.93. The van der Waals surface area contributed by atoms with Crippen molar-refractivity contribution in [2.24, 2.45) is 0 Å². The van der Waals surface area contributed by atoms with Gasteiger partial charge in [0.15, 0.2) is 0 Å². The minimum absolute atomic E-state index is 0.289. The van der Waals surface area contributed by atoms with E-state index < -0.39 is 0 Å². The molecular weight excluding hydrogens is 236 g/mol. The summed E-state index contributed by atoms with van der Waals surface area (Å²) in [7, 11) is 0. The van der Waals surface area contributed by atoms with Gasteiger partial charge in [-0.3, -0.25) is 9.58 Å². The quantitative estimate of drug-likeness (QED) is 0.854. The Hall–Kier alpha value is -0.870. The van der Waals surface area contributed by atoms with Crippen LogP contribution in [0.1, 0.15) is 40.0 Å². The molecule has 2 atom stereocenters. The third-order valence-electron chi connectivity index (χ3n) is 4.53. The van der Waals surface area contributed by atoms with Crippen LogP contribution in [-0.4, -0.2) is 45.9 Å². The highest BCUT2D eigenvalue weighted by atomic mass is 15.3. The molecule has 1 aliphatic rings. The average molecular weight is 264 g/mol. The second-order valence-corrected chi connectivity index (χ2v) is 5.93. The summed E-state index contributed by atoms with van der Waals surface area (Å²) in [4.78, 5) is 2.66. The number of hydrogen-bond acceptors (Lipinski definition) is 3. The van der Waals surface area contributed by atoms with Crippen molar-refractivity contribution in [3.8, 4) is 0 Å². The van der Waals surface area contributed by atoms with E-state index in [1.807, 2.05) is 16.9 Å². The Labute approximate surface area is 117 Å². The van der Waals surface area contributed by atoms with Gasteiger partial charge in [0, 0.05) is 43.6 Å². The maximum atomic E-state index is 4.30. The summed E-state index contributed by atoms with van der Waals surface area (Å²) in [5.41, 5.74) is 0.289. The maximum absolute atomic E-state index is 4.30. The van der Waals surface area contributed by atoms with E-state index in [4.69, 9.17) is 0 Å². The summed E-state index contributed by atoms with van der Waals surface area (Å²) in [5.74, 6) is 0. The number of nitrogens with one attached hydrogen (secondary N) is 1. The van der Waals surface area contributed by atoms with Gasteiger partial charge in [-0.15, -0.1) is 0 Å². The van der Waals surface area contributed by atoms with E-state index in [0.717, 1.165) is 19.6 Å². The van der Waals surface area contributed by atoms with Gasteiger partial charge < -0.3 is 5.32 Å². The zero-order chi connectivity index (χ0) is 13.7. The van der Waals surface area contributed by atoms with Crippen molar-refractivity contribution in [1.29, 1.82) is 0 Å². The molecule has 4 heteroatoms. The number of piperazine rings is 1. The van der Waals surface area contributed by atoms with Gasteiger partial charge in [0.1, 0.15) is 0 Å². The van der Waals surface area contributed by atoms with Crippen LogP contribution >= 0.6 is 0 Å². The topological polar surface area (TPSA) is 33.1 Å². The van der Waals surface area contributed by atoms with E-state index in [1.54, 1.807) is 0 Å². The third kappa shape index (κ3) is 3.57. The Balaban J connectivity index is 1.95. The molecule has 0 aliphatic carbocycles. The molecule has 0 spiro atoms. The molecule has 19 heavy (non-hydrogen) atoms. The van der Waals surface area contributed by atoms with Gasteiger partial charge in [0.25, 0.3) is 0 Å². The Bertz CT molecular complexity index is 362. The van der Waals surface area contributed by atoms with Crippen LogP contribution in [0.25, 0.3) is 0 Å². The summed E-state index contributed by atoms with van der Waals surface area (Å²) < 4.78 is 2.03. The number of hydrogen-bond donors (Lipinski definition) is 1. The van der Waals surface area contributed by atoms with E-state index >= 15 is 0 Å². The highest BCUT2D eigenvalue weighted by Crippen LogP contribution is 2.23. The molecule has 1 fully saturated rings. The molecule has 1 aromatic heterocycles. The molecule has 0 saturated carbocycles. The Morgan fingerprint density at radius 3 is 2.84 bits per heavy atom. The van der Waals surface area contributed by atoms with Crippen molar-refractivity contribution in [2.45, 2.75) is 58.2 Å². The first kappa shape index (κ1) is 14.5. The summed E-state index contributed by atoms with van der Waals surface area (Å²) in [6.07, 6.45) is 7.63. The molecule has 2 unspecified atom stereocenters. The van der Waals surface area contributed by atoms with Crippen molar-refractivity contribution in [1.82, 2.24) is 20.0 Å². The van der Waals surface area contributed by atoms with Gasteiger partial charge in [0.2, 0.25) is 0 Å². The molecule has 1 N–H and O–H groups in total. The minimum atomic E-state index is 0.289. The molecular formula is C15H28N4. The first-order chi connectivity index (χ1) is 9.18. The van der Waals surface area contributed by atoms with E-state index in [1.165, 1.54) is 25.8 Å². The smallest absolute Gasteiger partial charge is 0.0536 e. The lowest BCUT2D eigenvalue weighted by Crippen LogP contribution is -2.63. The molecule has 1 aliphatic heterocycles. The first-order valence-electron chi connectivity index (χ1n) is 7.64. The number of nitrogens with zero attached hydrogens (tertiary/aromatic N) is 3. The molecule has 1 saturated heterocycles. The van der Waals surface area contributed by atoms with Crippen molar-refractivity contribution in [3.05, 3.63) is 18.5 Å². The fourth-order valence-corrected chi connectivity index (χ4v) is 2.93. The molecule has 2 heterocycles. The van der Waals surface area contributed by atoms with Gasteiger partial charge >= 0.3 is 0 Å². The van der Waals surface area contributed by atoms with E-state index in [-0.39, 0.29) is 5.54 Å². The van der Waals surface area contributed by atoms with Crippen LogP contribution in [-0.2, 0) is 6.54 Å². The van der Waals surface area contributed by atoms with E-state index in [9.17, 15) is 0 Å². The van der Waals surface area contributed by atoms with Crippen LogP contribution in [0.2, 0.25) is 0 Å². The highest BCUT2D eigenvalue weighted by Gasteiger charge is 2.35. The highest BCUT2D eigenvalue weighted by molar-refractivity contribution is 4.95. The number of aromatic nitrogens is 2. The standard InChI is InChI=1S/C15H28N4/c1-4-7-14-12-18(15(3,5-2)13-16-14)10-11-19-9-6-8-17-19/h6,8-9,14,16H,4-5,7,10-13H2,1-3H3. The molecule has 0 amide bonds. The van der Waals surface area contributed by atoms with Crippen LogP contribution in [0.5, 0.6) is 0 Å². The van der Waals surface area contributed by atoms with Gasteiger partial charge in [0.05, 0.1) is 6.54 Å². The molecule has 1 aromatic rings.